The zero-order valence-corrected chi connectivity index (χ0v) is 10.0. The maximum atomic E-state index is 2.55. The van der Waals surface area contributed by atoms with Crippen molar-refractivity contribution in [3.8, 4) is 0 Å². The highest BCUT2D eigenvalue weighted by Crippen LogP contribution is 2.49. The zero-order valence-electron chi connectivity index (χ0n) is 10.0. The van der Waals surface area contributed by atoms with E-state index in [1.54, 1.807) is 0 Å². The van der Waals surface area contributed by atoms with Crippen molar-refractivity contribution < 1.29 is 0 Å². The van der Waals surface area contributed by atoms with E-state index in [1.807, 2.05) is 0 Å². The second kappa shape index (κ2) is 4.24. The van der Waals surface area contributed by atoms with Crippen LogP contribution in [0, 0.1) is 17.3 Å². The van der Waals surface area contributed by atoms with Gasteiger partial charge in [0.1, 0.15) is 0 Å². The standard InChI is InChI=1S/C14H26/c1-12(13-8-4-3-5-9-13)14(2)10-6-7-11-14/h12-13H,3-11H2,1-2H3. The molecule has 0 aliphatic heterocycles. The third-order valence-electron chi connectivity index (χ3n) is 5.20. The third-order valence-corrected chi connectivity index (χ3v) is 5.20. The van der Waals surface area contributed by atoms with Gasteiger partial charge in [-0.15, -0.1) is 0 Å². The molecule has 0 amide bonds. The molecule has 0 aromatic heterocycles. The van der Waals surface area contributed by atoms with Gasteiger partial charge < -0.3 is 0 Å². The molecule has 0 aromatic rings. The van der Waals surface area contributed by atoms with Crippen LogP contribution in [0.3, 0.4) is 0 Å². The van der Waals surface area contributed by atoms with Gasteiger partial charge in [-0.2, -0.15) is 0 Å². The molecule has 0 heteroatoms. The monoisotopic (exact) mass is 194 g/mol. The molecule has 0 radical (unpaired) electrons. The molecule has 2 saturated carbocycles. The lowest BCUT2D eigenvalue weighted by Gasteiger charge is -2.39. The van der Waals surface area contributed by atoms with Gasteiger partial charge in [0.05, 0.1) is 0 Å². The highest BCUT2D eigenvalue weighted by atomic mass is 14.4. The summed E-state index contributed by atoms with van der Waals surface area (Å²) in [5, 5.41) is 0. The molecule has 2 rings (SSSR count). The van der Waals surface area contributed by atoms with Gasteiger partial charge >= 0.3 is 0 Å². The van der Waals surface area contributed by atoms with Gasteiger partial charge in [-0.3, -0.25) is 0 Å². The van der Waals surface area contributed by atoms with Crippen LogP contribution in [-0.4, -0.2) is 0 Å². The van der Waals surface area contributed by atoms with Gasteiger partial charge in [0.25, 0.3) is 0 Å². The molecule has 82 valence electrons. The molecule has 2 fully saturated rings. The highest BCUT2D eigenvalue weighted by molar-refractivity contribution is 4.88. The Morgan fingerprint density at radius 1 is 0.929 bits per heavy atom. The molecule has 0 aromatic carbocycles. The Labute approximate surface area is 89.5 Å². The molecule has 0 spiro atoms. The van der Waals surface area contributed by atoms with Crippen molar-refractivity contribution in [3.63, 3.8) is 0 Å². The van der Waals surface area contributed by atoms with Crippen LogP contribution in [0.2, 0.25) is 0 Å². The summed E-state index contributed by atoms with van der Waals surface area (Å²) >= 11 is 0. The Morgan fingerprint density at radius 3 is 2.07 bits per heavy atom. The third kappa shape index (κ3) is 1.99. The van der Waals surface area contributed by atoms with Crippen molar-refractivity contribution >= 4 is 0 Å². The first-order chi connectivity index (χ1) is 6.72. The van der Waals surface area contributed by atoms with Gasteiger partial charge in [-0.25, -0.2) is 0 Å². The number of hydrogen-bond donors (Lipinski definition) is 0. The van der Waals surface area contributed by atoms with Crippen LogP contribution in [0.25, 0.3) is 0 Å². The predicted octanol–water partition coefficient (Wildman–Crippen LogP) is 4.78. The molecule has 2 aliphatic carbocycles. The number of hydrogen-bond acceptors (Lipinski definition) is 0. The van der Waals surface area contributed by atoms with E-state index in [9.17, 15) is 0 Å². The predicted molar refractivity (Wildman–Crippen MR) is 62.3 cm³/mol. The fourth-order valence-electron chi connectivity index (χ4n) is 3.84. The summed E-state index contributed by atoms with van der Waals surface area (Å²) in [6, 6.07) is 0. The maximum absolute atomic E-state index is 2.55. The largest absolute Gasteiger partial charge is 0.0617 e. The summed E-state index contributed by atoms with van der Waals surface area (Å²) in [7, 11) is 0. The molecule has 2 aliphatic rings. The Kier molecular flexibility index (Phi) is 3.19. The van der Waals surface area contributed by atoms with Crippen LogP contribution >= 0.6 is 0 Å². The lowest BCUT2D eigenvalue weighted by molar-refractivity contribution is 0.113. The SMILES string of the molecule is CC(C1CCCCC1)C1(C)CCCC1. The van der Waals surface area contributed by atoms with E-state index in [-0.39, 0.29) is 0 Å². The van der Waals surface area contributed by atoms with Crippen LogP contribution < -0.4 is 0 Å². The van der Waals surface area contributed by atoms with Crippen molar-refractivity contribution in [3.05, 3.63) is 0 Å². The van der Waals surface area contributed by atoms with E-state index >= 15 is 0 Å². The molecular formula is C14H26. The van der Waals surface area contributed by atoms with E-state index in [0.717, 1.165) is 11.8 Å². The summed E-state index contributed by atoms with van der Waals surface area (Å²) in [4.78, 5) is 0. The molecule has 0 heterocycles. The minimum absolute atomic E-state index is 0.710. The van der Waals surface area contributed by atoms with Gasteiger partial charge in [-0.1, -0.05) is 58.8 Å². The fraction of sp³-hybridized carbons (Fsp3) is 1.00. The summed E-state index contributed by atoms with van der Waals surface area (Å²) in [6.07, 6.45) is 13.6. The van der Waals surface area contributed by atoms with E-state index in [2.05, 4.69) is 13.8 Å². The van der Waals surface area contributed by atoms with Crippen LogP contribution in [0.4, 0.5) is 0 Å². The normalized spacial score (nSPS) is 30.4. The maximum Gasteiger partial charge on any atom is -0.0298 e. The lowest BCUT2D eigenvalue weighted by Crippen LogP contribution is -2.29. The minimum Gasteiger partial charge on any atom is -0.0617 e. The average Bonchev–Trinajstić information content (AvgIpc) is 2.67. The van der Waals surface area contributed by atoms with Crippen molar-refractivity contribution in [1.29, 1.82) is 0 Å². The average molecular weight is 194 g/mol. The second-order valence-electron chi connectivity index (χ2n) is 6.05. The highest BCUT2D eigenvalue weighted by Gasteiger charge is 2.38. The van der Waals surface area contributed by atoms with Gasteiger partial charge in [0.15, 0.2) is 0 Å². The second-order valence-corrected chi connectivity index (χ2v) is 6.05. The molecule has 1 unspecified atom stereocenters. The van der Waals surface area contributed by atoms with Gasteiger partial charge in [0, 0.05) is 0 Å². The quantitative estimate of drug-likeness (QED) is 0.593. The van der Waals surface area contributed by atoms with Crippen molar-refractivity contribution in [2.45, 2.75) is 71.6 Å². The Bertz CT molecular complexity index is 170. The summed E-state index contributed by atoms with van der Waals surface area (Å²) < 4.78 is 0. The van der Waals surface area contributed by atoms with Crippen molar-refractivity contribution in [1.82, 2.24) is 0 Å². The van der Waals surface area contributed by atoms with Crippen LogP contribution in [0.15, 0.2) is 0 Å². The molecule has 0 bridgehead atoms. The summed E-state index contributed by atoms with van der Waals surface area (Å²) in [5.41, 5.74) is 0.710. The van der Waals surface area contributed by atoms with E-state index in [1.165, 1.54) is 57.8 Å². The van der Waals surface area contributed by atoms with E-state index < -0.39 is 0 Å². The Balaban J connectivity index is 1.95. The van der Waals surface area contributed by atoms with Crippen LogP contribution in [0.1, 0.15) is 71.6 Å². The van der Waals surface area contributed by atoms with Crippen LogP contribution in [-0.2, 0) is 0 Å². The molecule has 0 nitrogen and oxygen atoms in total. The molecule has 0 saturated heterocycles. The zero-order chi connectivity index (χ0) is 10.0. The van der Waals surface area contributed by atoms with Crippen molar-refractivity contribution in [2.75, 3.05) is 0 Å². The smallest absolute Gasteiger partial charge is 0.0298 e. The van der Waals surface area contributed by atoms with Gasteiger partial charge in [-0.05, 0) is 30.1 Å². The number of rotatable bonds is 2. The summed E-state index contributed by atoms with van der Waals surface area (Å²) in [6.45, 7) is 5.10. The molecule has 0 N–H and O–H groups in total. The van der Waals surface area contributed by atoms with Gasteiger partial charge in [0.2, 0.25) is 0 Å². The minimum atomic E-state index is 0.710. The fourth-order valence-corrected chi connectivity index (χ4v) is 3.84. The molecule has 14 heavy (non-hydrogen) atoms. The molecule has 1 atom stereocenters. The Morgan fingerprint density at radius 2 is 1.50 bits per heavy atom. The topological polar surface area (TPSA) is 0 Å². The Hall–Kier alpha value is 0. The van der Waals surface area contributed by atoms with Crippen molar-refractivity contribution in [2.24, 2.45) is 17.3 Å². The van der Waals surface area contributed by atoms with E-state index in [0.29, 0.717) is 5.41 Å². The lowest BCUT2D eigenvalue weighted by atomic mass is 9.66. The van der Waals surface area contributed by atoms with Crippen LogP contribution in [0.5, 0.6) is 0 Å². The first-order valence-corrected chi connectivity index (χ1v) is 6.72. The first kappa shape index (κ1) is 10.5. The molecular weight excluding hydrogens is 168 g/mol. The first-order valence-electron chi connectivity index (χ1n) is 6.72. The van der Waals surface area contributed by atoms with E-state index in [4.69, 9.17) is 0 Å². The summed E-state index contributed by atoms with van der Waals surface area (Å²) in [5.74, 6) is 2.05.